The van der Waals surface area contributed by atoms with Crippen LogP contribution in [0.4, 0.5) is 4.39 Å². The van der Waals surface area contributed by atoms with Crippen LogP contribution in [0.5, 0.6) is 11.5 Å². The molecule has 1 aromatic heterocycles. The van der Waals surface area contributed by atoms with E-state index in [1.165, 1.54) is 31.6 Å². The van der Waals surface area contributed by atoms with Crippen molar-refractivity contribution in [3.05, 3.63) is 45.9 Å². The minimum atomic E-state index is -0.465. The van der Waals surface area contributed by atoms with Gasteiger partial charge in [-0.3, -0.25) is 4.79 Å². The van der Waals surface area contributed by atoms with Gasteiger partial charge in [-0.15, -0.1) is 11.3 Å². The van der Waals surface area contributed by atoms with Crippen LogP contribution in [0.25, 0.3) is 0 Å². The van der Waals surface area contributed by atoms with Crippen molar-refractivity contribution in [3.63, 3.8) is 0 Å². The molecular formula is C16H18FNO3S. The normalized spacial score (nSPS) is 11.8. The van der Waals surface area contributed by atoms with Crippen LogP contribution in [0.15, 0.2) is 29.6 Å². The van der Waals surface area contributed by atoms with Crippen LogP contribution in [0, 0.1) is 5.82 Å². The second-order valence-electron chi connectivity index (χ2n) is 4.77. The smallest absolute Gasteiger partial charge is 0.225 e. The van der Waals surface area contributed by atoms with E-state index in [2.05, 4.69) is 5.32 Å². The van der Waals surface area contributed by atoms with Crippen molar-refractivity contribution in [2.45, 2.75) is 19.4 Å². The topological polar surface area (TPSA) is 47.6 Å². The van der Waals surface area contributed by atoms with Gasteiger partial charge in [-0.05, 0) is 24.4 Å². The van der Waals surface area contributed by atoms with Gasteiger partial charge in [-0.25, -0.2) is 4.39 Å². The fourth-order valence-corrected chi connectivity index (χ4v) is 2.85. The second kappa shape index (κ2) is 7.26. The Balaban J connectivity index is 2.11. The molecule has 0 aliphatic rings. The number of rotatable bonds is 6. The van der Waals surface area contributed by atoms with E-state index in [0.29, 0.717) is 17.1 Å². The molecule has 0 bridgehead atoms. The Morgan fingerprint density at radius 2 is 2.00 bits per heavy atom. The largest absolute Gasteiger partial charge is 0.493 e. The van der Waals surface area contributed by atoms with Gasteiger partial charge in [0.25, 0.3) is 0 Å². The molecule has 1 N–H and O–H groups in total. The summed E-state index contributed by atoms with van der Waals surface area (Å²) in [6, 6.07) is 6.13. The average molecular weight is 323 g/mol. The second-order valence-corrected chi connectivity index (χ2v) is 5.81. The third-order valence-electron chi connectivity index (χ3n) is 3.26. The van der Waals surface area contributed by atoms with E-state index in [1.54, 1.807) is 13.0 Å². The summed E-state index contributed by atoms with van der Waals surface area (Å²) in [5.41, 5.74) is 0.358. The fraction of sp³-hybridized carbons (Fsp3) is 0.312. The molecular weight excluding hydrogens is 305 g/mol. The third-order valence-corrected chi connectivity index (χ3v) is 4.14. The van der Waals surface area contributed by atoms with Gasteiger partial charge in [0.15, 0.2) is 11.5 Å². The van der Waals surface area contributed by atoms with Gasteiger partial charge in [0.05, 0.1) is 26.7 Å². The van der Waals surface area contributed by atoms with E-state index in [9.17, 15) is 9.18 Å². The zero-order chi connectivity index (χ0) is 16.1. The zero-order valence-electron chi connectivity index (χ0n) is 12.7. The molecule has 0 saturated heterocycles. The van der Waals surface area contributed by atoms with E-state index in [4.69, 9.17) is 9.47 Å². The van der Waals surface area contributed by atoms with Crippen molar-refractivity contribution in [1.29, 1.82) is 0 Å². The number of benzene rings is 1. The summed E-state index contributed by atoms with van der Waals surface area (Å²) < 4.78 is 24.4. The number of nitrogens with one attached hydrogen (secondary N) is 1. The molecule has 1 atom stereocenters. The highest BCUT2D eigenvalue weighted by Crippen LogP contribution is 2.32. The summed E-state index contributed by atoms with van der Waals surface area (Å²) in [7, 11) is 2.93. The number of hydrogen-bond acceptors (Lipinski definition) is 4. The molecule has 6 heteroatoms. The molecule has 118 valence electrons. The number of halogens is 1. The van der Waals surface area contributed by atoms with Crippen molar-refractivity contribution < 1.29 is 18.7 Å². The Hall–Kier alpha value is -2.08. The van der Waals surface area contributed by atoms with Crippen molar-refractivity contribution in [1.82, 2.24) is 5.32 Å². The number of carbonyl (C=O) groups excluding carboxylic acids is 1. The first kappa shape index (κ1) is 16.3. The van der Waals surface area contributed by atoms with Crippen LogP contribution in [0.1, 0.15) is 23.4 Å². The Labute approximate surface area is 132 Å². The van der Waals surface area contributed by atoms with Gasteiger partial charge in [-0.2, -0.15) is 0 Å². The zero-order valence-corrected chi connectivity index (χ0v) is 13.5. The van der Waals surface area contributed by atoms with Gasteiger partial charge < -0.3 is 14.8 Å². The summed E-state index contributed by atoms with van der Waals surface area (Å²) in [6.45, 7) is 1.73. The molecule has 0 aliphatic carbocycles. The lowest BCUT2D eigenvalue weighted by molar-refractivity contribution is -0.121. The molecule has 0 saturated carbocycles. The molecule has 0 aliphatic heterocycles. The Kier molecular flexibility index (Phi) is 5.38. The van der Waals surface area contributed by atoms with Gasteiger partial charge >= 0.3 is 0 Å². The Morgan fingerprint density at radius 3 is 2.59 bits per heavy atom. The third kappa shape index (κ3) is 3.76. The molecule has 1 aromatic carbocycles. The van der Waals surface area contributed by atoms with Gasteiger partial charge in [-0.1, -0.05) is 6.07 Å². The maximum absolute atomic E-state index is 14.1. The van der Waals surface area contributed by atoms with Crippen molar-refractivity contribution in [2.75, 3.05) is 14.2 Å². The highest BCUT2D eigenvalue weighted by atomic mass is 32.1. The molecule has 4 nitrogen and oxygen atoms in total. The van der Waals surface area contributed by atoms with Gasteiger partial charge in [0, 0.05) is 16.5 Å². The average Bonchev–Trinajstić information content (AvgIpc) is 2.99. The SMILES string of the molecule is COc1cc(F)c(C(C)NC(=O)Cc2cccs2)cc1OC. The van der Waals surface area contributed by atoms with E-state index < -0.39 is 11.9 Å². The lowest BCUT2D eigenvalue weighted by Crippen LogP contribution is -2.28. The number of ether oxygens (including phenoxy) is 2. The lowest BCUT2D eigenvalue weighted by Gasteiger charge is -2.17. The highest BCUT2D eigenvalue weighted by Gasteiger charge is 2.18. The maximum atomic E-state index is 14.1. The predicted molar refractivity (Wildman–Crippen MR) is 84.1 cm³/mol. The number of methoxy groups -OCH3 is 2. The minimum Gasteiger partial charge on any atom is -0.493 e. The Bertz CT molecular complexity index is 643. The molecule has 2 rings (SSSR count). The standard InChI is InChI=1S/C16H18FNO3S/c1-10(18-16(19)7-11-5-4-6-22-11)12-8-14(20-2)15(21-3)9-13(12)17/h4-6,8-10H,7H2,1-3H3,(H,18,19). The first-order valence-electron chi connectivity index (χ1n) is 6.78. The van der Waals surface area contributed by atoms with Gasteiger partial charge in [0.2, 0.25) is 5.91 Å². The molecule has 1 unspecified atom stereocenters. The summed E-state index contributed by atoms with van der Waals surface area (Å²) >= 11 is 1.52. The quantitative estimate of drug-likeness (QED) is 0.887. The molecule has 1 amide bonds. The van der Waals surface area contributed by atoms with Crippen LogP contribution < -0.4 is 14.8 Å². The predicted octanol–water partition coefficient (Wildman–Crippen LogP) is 3.32. The molecule has 2 aromatic rings. The van der Waals surface area contributed by atoms with Crippen molar-refractivity contribution in [3.8, 4) is 11.5 Å². The van der Waals surface area contributed by atoms with Crippen LogP contribution in [0.2, 0.25) is 0 Å². The molecule has 1 heterocycles. The number of carbonyl (C=O) groups is 1. The lowest BCUT2D eigenvalue weighted by atomic mass is 10.1. The highest BCUT2D eigenvalue weighted by molar-refractivity contribution is 7.10. The van der Waals surface area contributed by atoms with Crippen LogP contribution in [-0.4, -0.2) is 20.1 Å². The molecule has 0 radical (unpaired) electrons. The summed E-state index contributed by atoms with van der Waals surface area (Å²) in [4.78, 5) is 13.0. The fourth-order valence-electron chi connectivity index (χ4n) is 2.14. The Morgan fingerprint density at radius 1 is 1.32 bits per heavy atom. The summed E-state index contributed by atoms with van der Waals surface area (Å²) in [6.07, 6.45) is 0.289. The summed E-state index contributed by atoms with van der Waals surface area (Å²) in [5, 5.41) is 4.71. The van der Waals surface area contributed by atoms with Crippen molar-refractivity contribution >= 4 is 17.2 Å². The van der Waals surface area contributed by atoms with Crippen LogP contribution >= 0.6 is 11.3 Å². The van der Waals surface area contributed by atoms with Gasteiger partial charge in [0.1, 0.15) is 5.82 Å². The minimum absolute atomic E-state index is 0.149. The number of thiophene rings is 1. The van der Waals surface area contributed by atoms with E-state index in [1.807, 2.05) is 17.5 Å². The van der Waals surface area contributed by atoms with Crippen LogP contribution in [-0.2, 0) is 11.2 Å². The van der Waals surface area contributed by atoms with E-state index in [-0.39, 0.29) is 12.3 Å². The van der Waals surface area contributed by atoms with E-state index in [0.717, 1.165) is 4.88 Å². The molecule has 0 fully saturated rings. The molecule has 0 spiro atoms. The first-order chi connectivity index (χ1) is 10.5. The van der Waals surface area contributed by atoms with Crippen molar-refractivity contribution in [2.24, 2.45) is 0 Å². The molecule has 22 heavy (non-hydrogen) atoms. The first-order valence-corrected chi connectivity index (χ1v) is 7.66. The number of hydrogen-bond donors (Lipinski definition) is 1. The maximum Gasteiger partial charge on any atom is 0.225 e. The number of amides is 1. The van der Waals surface area contributed by atoms with Crippen LogP contribution in [0.3, 0.4) is 0 Å². The summed E-state index contributed by atoms with van der Waals surface area (Å²) in [5.74, 6) is 0.157. The monoisotopic (exact) mass is 323 g/mol. The van der Waals surface area contributed by atoms with E-state index >= 15 is 0 Å².